The summed E-state index contributed by atoms with van der Waals surface area (Å²) in [6.45, 7) is 1.93. The summed E-state index contributed by atoms with van der Waals surface area (Å²) in [5.41, 5.74) is 1.17. The van der Waals surface area contributed by atoms with E-state index in [1.807, 2.05) is 18.4 Å². The number of thiophene rings is 1. The third kappa shape index (κ3) is 1.52. The molecule has 0 aliphatic heterocycles. The predicted molar refractivity (Wildman–Crippen MR) is 52.4 cm³/mol. The first-order chi connectivity index (χ1) is 6.29. The van der Waals surface area contributed by atoms with E-state index in [0.717, 1.165) is 10.4 Å². The first-order valence-corrected chi connectivity index (χ1v) is 5.36. The molecule has 2 rings (SSSR count). The van der Waals surface area contributed by atoms with E-state index >= 15 is 0 Å². The summed E-state index contributed by atoms with van der Waals surface area (Å²) in [6.07, 6.45) is 0. The highest BCUT2D eigenvalue weighted by atomic mass is 32.1. The van der Waals surface area contributed by atoms with Crippen molar-refractivity contribution in [3.8, 4) is 0 Å². The van der Waals surface area contributed by atoms with Crippen molar-refractivity contribution in [1.82, 2.24) is 9.59 Å². The number of rotatable bonds is 2. The van der Waals surface area contributed by atoms with Gasteiger partial charge in [0.05, 0.1) is 0 Å². The van der Waals surface area contributed by atoms with Crippen LogP contribution in [0, 0.1) is 6.92 Å². The Bertz CT molecular complexity index is 419. The Morgan fingerprint density at radius 3 is 2.92 bits per heavy atom. The van der Waals surface area contributed by atoms with Crippen LogP contribution < -0.4 is 0 Å². The fourth-order valence-corrected chi connectivity index (χ4v) is 2.15. The number of aromatic nitrogens is 2. The zero-order chi connectivity index (χ0) is 9.26. The van der Waals surface area contributed by atoms with Gasteiger partial charge in [0.1, 0.15) is 5.69 Å². The third-order valence-electron chi connectivity index (χ3n) is 1.70. The molecule has 0 radical (unpaired) electrons. The fourth-order valence-electron chi connectivity index (χ4n) is 1.02. The lowest BCUT2D eigenvalue weighted by molar-refractivity contribution is 0.103. The molecule has 0 spiro atoms. The predicted octanol–water partition coefficient (Wildman–Crippen LogP) is 2.14. The number of aryl methyl sites for hydroxylation is 1. The largest absolute Gasteiger partial charge is 0.287 e. The van der Waals surface area contributed by atoms with Crippen molar-refractivity contribution in [3.05, 3.63) is 33.0 Å². The first-order valence-electron chi connectivity index (χ1n) is 3.65. The molecule has 0 aromatic carbocycles. The van der Waals surface area contributed by atoms with Crippen LogP contribution in [0.4, 0.5) is 0 Å². The van der Waals surface area contributed by atoms with Crippen molar-refractivity contribution in [2.75, 3.05) is 0 Å². The molecule has 13 heavy (non-hydrogen) atoms. The molecule has 0 fully saturated rings. The van der Waals surface area contributed by atoms with Gasteiger partial charge in [0.15, 0.2) is 0 Å². The molecule has 0 aliphatic rings. The molecule has 2 aromatic rings. The average molecular weight is 210 g/mol. The maximum Gasteiger partial charge on any atom is 0.215 e. The van der Waals surface area contributed by atoms with Gasteiger partial charge in [-0.3, -0.25) is 4.79 Å². The molecule has 0 aliphatic carbocycles. The molecule has 66 valence electrons. The van der Waals surface area contributed by atoms with Crippen molar-refractivity contribution in [1.29, 1.82) is 0 Å². The summed E-state index contributed by atoms with van der Waals surface area (Å²) >= 11 is 2.76. The Hall–Kier alpha value is -1.07. The van der Waals surface area contributed by atoms with Crippen molar-refractivity contribution in [2.24, 2.45) is 0 Å². The Morgan fingerprint density at radius 2 is 2.38 bits per heavy atom. The molecule has 2 aromatic heterocycles. The van der Waals surface area contributed by atoms with Crippen LogP contribution in [-0.4, -0.2) is 15.4 Å². The summed E-state index contributed by atoms with van der Waals surface area (Å²) < 4.78 is 3.66. The van der Waals surface area contributed by atoms with Gasteiger partial charge in [-0.25, -0.2) is 0 Å². The maximum absolute atomic E-state index is 11.7. The van der Waals surface area contributed by atoms with E-state index in [2.05, 4.69) is 9.59 Å². The molecule has 0 unspecified atom stereocenters. The smallest absolute Gasteiger partial charge is 0.215 e. The SMILES string of the molecule is Cc1sccc1C(=O)c1csnn1. The normalized spacial score (nSPS) is 10.2. The Kier molecular flexibility index (Phi) is 2.20. The second kappa shape index (κ2) is 3.35. The molecular weight excluding hydrogens is 204 g/mol. The lowest BCUT2D eigenvalue weighted by atomic mass is 10.1. The van der Waals surface area contributed by atoms with Crippen molar-refractivity contribution in [2.45, 2.75) is 6.92 Å². The summed E-state index contributed by atoms with van der Waals surface area (Å²) in [5, 5.41) is 7.31. The Labute approximate surface area is 83.2 Å². The zero-order valence-electron chi connectivity index (χ0n) is 6.85. The van der Waals surface area contributed by atoms with Crippen LogP contribution in [0.5, 0.6) is 0 Å². The topological polar surface area (TPSA) is 42.9 Å². The van der Waals surface area contributed by atoms with Crippen LogP contribution in [0.2, 0.25) is 0 Å². The van der Waals surface area contributed by atoms with Gasteiger partial charge in [-0.1, -0.05) is 4.49 Å². The van der Waals surface area contributed by atoms with Crippen LogP contribution in [0.1, 0.15) is 20.9 Å². The van der Waals surface area contributed by atoms with Crippen LogP contribution in [-0.2, 0) is 0 Å². The Morgan fingerprint density at radius 1 is 1.54 bits per heavy atom. The lowest BCUT2D eigenvalue weighted by Crippen LogP contribution is -2.01. The van der Waals surface area contributed by atoms with Crippen LogP contribution >= 0.6 is 22.9 Å². The quantitative estimate of drug-likeness (QED) is 0.713. The number of carbonyl (C=O) groups is 1. The van der Waals surface area contributed by atoms with E-state index in [4.69, 9.17) is 0 Å². The molecule has 0 N–H and O–H groups in total. The van der Waals surface area contributed by atoms with Crippen molar-refractivity contribution in [3.63, 3.8) is 0 Å². The summed E-state index contributed by atoms with van der Waals surface area (Å²) in [6, 6.07) is 1.82. The van der Waals surface area contributed by atoms with E-state index in [1.54, 1.807) is 16.7 Å². The zero-order valence-corrected chi connectivity index (χ0v) is 8.48. The van der Waals surface area contributed by atoms with Gasteiger partial charge >= 0.3 is 0 Å². The van der Waals surface area contributed by atoms with Gasteiger partial charge in [0.25, 0.3) is 0 Å². The minimum atomic E-state index is -0.0347. The van der Waals surface area contributed by atoms with Crippen LogP contribution in [0.3, 0.4) is 0 Å². The number of carbonyl (C=O) groups excluding carboxylic acids is 1. The standard InChI is InChI=1S/C8H6N2OS2/c1-5-6(2-3-12-5)8(11)7-4-13-10-9-7/h2-4H,1H3. The molecule has 0 saturated heterocycles. The fraction of sp³-hybridized carbons (Fsp3) is 0.125. The number of hydrogen-bond donors (Lipinski definition) is 0. The Balaban J connectivity index is 2.39. The van der Waals surface area contributed by atoms with Crippen LogP contribution in [0.25, 0.3) is 0 Å². The molecular formula is C8H6N2OS2. The summed E-state index contributed by atoms with van der Waals surface area (Å²) in [5.74, 6) is -0.0347. The number of hydrogen-bond acceptors (Lipinski definition) is 5. The third-order valence-corrected chi connectivity index (χ3v) is 3.05. The lowest BCUT2D eigenvalue weighted by Gasteiger charge is -1.92. The molecule has 5 heteroatoms. The van der Waals surface area contributed by atoms with E-state index in [9.17, 15) is 4.79 Å². The van der Waals surface area contributed by atoms with Gasteiger partial charge in [-0.2, -0.15) is 0 Å². The first kappa shape index (κ1) is 8.52. The van der Waals surface area contributed by atoms with Gasteiger partial charge in [0.2, 0.25) is 5.78 Å². The average Bonchev–Trinajstić information content (AvgIpc) is 2.72. The highest BCUT2D eigenvalue weighted by Gasteiger charge is 2.14. The summed E-state index contributed by atoms with van der Waals surface area (Å²) in [7, 11) is 0. The number of ketones is 1. The molecule has 2 heterocycles. The minimum absolute atomic E-state index is 0.0347. The molecule has 0 saturated carbocycles. The van der Waals surface area contributed by atoms with E-state index in [-0.39, 0.29) is 5.78 Å². The molecule has 0 bridgehead atoms. The monoisotopic (exact) mass is 210 g/mol. The van der Waals surface area contributed by atoms with Gasteiger partial charge in [-0.15, -0.1) is 16.4 Å². The second-order valence-electron chi connectivity index (χ2n) is 2.51. The molecule has 0 atom stereocenters. The highest BCUT2D eigenvalue weighted by molar-refractivity contribution is 7.10. The van der Waals surface area contributed by atoms with Crippen molar-refractivity contribution >= 4 is 28.7 Å². The highest BCUT2D eigenvalue weighted by Crippen LogP contribution is 2.18. The van der Waals surface area contributed by atoms with E-state index < -0.39 is 0 Å². The summed E-state index contributed by atoms with van der Waals surface area (Å²) in [4.78, 5) is 12.7. The van der Waals surface area contributed by atoms with Gasteiger partial charge in [0, 0.05) is 15.8 Å². The van der Waals surface area contributed by atoms with E-state index in [0.29, 0.717) is 5.69 Å². The molecule has 0 amide bonds. The molecule has 3 nitrogen and oxygen atoms in total. The second-order valence-corrected chi connectivity index (χ2v) is 4.24. The van der Waals surface area contributed by atoms with Crippen LogP contribution in [0.15, 0.2) is 16.8 Å². The maximum atomic E-state index is 11.7. The van der Waals surface area contributed by atoms with Crippen molar-refractivity contribution < 1.29 is 4.79 Å². The van der Waals surface area contributed by atoms with E-state index in [1.165, 1.54) is 11.5 Å². The van der Waals surface area contributed by atoms with Gasteiger partial charge in [-0.05, 0) is 29.9 Å². The van der Waals surface area contributed by atoms with Gasteiger partial charge < -0.3 is 0 Å². The number of nitrogens with zero attached hydrogens (tertiary/aromatic N) is 2. The minimum Gasteiger partial charge on any atom is -0.287 e.